The van der Waals surface area contributed by atoms with Crippen LogP contribution in [-0.4, -0.2) is 44.4 Å². The minimum atomic E-state index is -0.00516. The van der Waals surface area contributed by atoms with E-state index < -0.39 is 0 Å². The first-order valence-electron chi connectivity index (χ1n) is 6.03. The monoisotopic (exact) mass is 259 g/mol. The second kappa shape index (κ2) is 4.77. The number of amides is 1. The number of rotatable bonds is 3. The molecule has 1 atom stereocenters. The van der Waals surface area contributed by atoms with Crippen LogP contribution in [0.3, 0.4) is 0 Å². The van der Waals surface area contributed by atoms with Crippen molar-refractivity contribution in [1.82, 2.24) is 20.2 Å². The Hall–Kier alpha value is -2.28. The van der Waals surface area contributed by atoms with Gasteiger partial charge in [-0.1, -0.05) is 12.1 Å². The molecule has 0 saturated carbocycles. The predicted octanol–water partition coefficient (Wildman–Crippen LogP) is 0.00750. The number of anilines is 1. The van der Waals surface area contributed by atoms with Gasteiger partial charge >= 0.3 is 0 Å². The maximum Gasteiger partial charge on any atom is 0.227 e. The Balaban J connectivity index is 2.00. The maximum absolute atomic E-state index is 12.0. The Morgan fingerprint density at radius 3 is 2.74 bits per heavy atom. The molecule has 0 spiro atoms. The molecule has 1 fully saturated rings. The van der Waals surface area contributed by atoms with Gasteiger partial charge in [0.05, 0.1) is 11.4 Å². The molecule has 2 aromatic rings. The first kappa shape index (κ1) is 11.8. The minimum Gasteiger partial charge on any atom is -0.396 e. The molecule has 0 bridgehead atoms. The highest BCUT2D eigenvalue weighted by molar-refractivity contribution is 5.97. The van der Waals surface area contributed by atoms with E-state index >= 15 is 0 Å². The second-order valence-electron chi connectivity index (χ2n) is 4.50. The van der Waals surface area contributed by atoms with E-state index in [1.807, 2.05) is 24.3 Å². The molecule has 1 aromatic carbocycles. The first-order valence-corrected chi connectivity index (χ1v) is 6.03. The van der Waals surface area contributed by atoms with Crippen molar-refractivity contribution in [3.8, 4) is 5.69 Å². The molecule has 7 nitrogen and oxygen atoms in total. The number of hydrogen-bond acceptors (Lipinski definition) is 5. The molecule has 98 valence electrons. The van der Waals surface area contributed by atoms with Crippen molar-refractivity contribution in [3.05, 3.63) is 30.6 Å². The van der Waals surface area contributed by atoms with Gasteiger partial charge in [-0.2, -0.15) is 4.68 Å². The van der Waals surface area contributed by atoms with Gasteiger partial charge in [0.25, 0.3) is 0 Å². The van der Waals surface area contributed by atoms with Crippen LogP contribution in [0.25, 0.3) is 5.69 Å². The molecule has 7 heteroatoms. The zero-order valence-electron chi connectivity index (χ0n) is 10.2. The number of carbonyl (C=O) groups is 1. The van der Waals surface area contributed by atoms with Crippen molar-refractivity contribution in [2.75, 3.05) is 18.1 Å². The summed E-state index contributed by atoms with van der Waals surface area (Å²) in [7, 11) is 0. The SMILES string of the molecule is O=C1CC(CO)CN1c1ccccc1-n1cnnn1. The number of tetrazole rings is 1. The van der Waals surface area contributed by atoms with E-state index in [1.54, 1.807) is 4.90 Å². The lowest BCUT2D eigenvalue weighted by Gasteiger charge is -2.19. The quantitative estimate of drug-likeness (QED) is 0.839. The van der Waals surface area contributed by atoms with E-state index in [2.05, 4.69) is 15.5 Å². The van der Waals surface area contributed by atoms with Crippen LogP contribution in [0.2, 0.25) is 0 Å². The van der Waals surface area contributed by atoms with Gasteiger partial charge in [-0.05, 0) is 22.6 Å². The molecular weight excluding hydrogens is 246 g/mol. The molecule has 1 N–H and O–H groups in total. The number of aliphatic hydroxyl groups is 1. The van der Waals surface area contributed by atoms with Crippen LogP contribution in [0.15, 0.2) is 30.6 Å². The fourth-order valence-electron chi connectivity index (χ4n) is 2.29. The molecule has 0 aliphatic carbocycles. The maximum atomic E-state index is 12.0. The van der Waals surface area contributed by atoms with E-state index in [-0.39, 0.29) is 18.4 Å². The van der Waals surface area contributed by atoms with Crippen molar-refractivity contribution < 1.29 is 9.90 Å². The average Bonchev–Trinajstić information content (AvgIpc) is 3.08. The van der Waals surface area contributed by atoms with Gasteiger partial charge < -0.3 is 10.0 Å². The summed E-state index contributed by atoms with van der Waals surface area (Å²) >= 11 is 0. The number of benzene rings is 1. The zero-order chi connectivity index (χ0) is 13.2. The Morgan fingerprint density at radius 2 is 2.11 bits per heavy atom. The van der Waals surface area contributed by atoms with Crippen LogP contribution in [0.4, 0.5) is 5.69 Å². The molecule has 2 heterocycles. The number of carbonyl (C=O) groups excluding carboxylic acids is 1. The van der Waals surface area contributed by atoms with E-state index in [4.69, 9.17) is 0 Å². The Morgan fingerprint density at radius 1 is 1.32 bits per heavy atom. The van der Waals surface area contributed by atoms with E-state index in [0.29, 0.717) is 13.0 Å². The predicted molar refractivity (Wildman–Crippen MR) is 66.7 cm³/mol. The average molecular weight is 259 g/mol. The molecule has 0 radical (unpaired) electrons. The summed E-state index contributed by atoms with van der Waals surface area (Å²) in [5, 5.41) is 20.2. The van der Waals surface area contributed by atoms with Crippen molar-refractivity contribution in [2.45, 2.75) is 6.42 Å². The smallest absolute Gasteiger partial charge is 0.227 e. The molecule has 1 aromatic heterocycles. The summed E-state index contributed by atoms with van der Waals surface area (Å²) in [4.78, 5) is 13.7. The van der Waals surface area contributed by atoms with E-state index in [1.165, 1.54) is 11.0 Å². The summed E-state index contributed by atoms with van der Waals surface area (Å²) < 4.78 is 1.52. The topological polar surface area (TPSA) is 84.1 Å². The number of hydrogen-bond donors (Lipinski definition) is 1. The number of nitrogens with zero attached hydrogens (tertiary/aromatic N) is 5. The lowest BCUT2D eigenvalue weighted by molar-refractivity contribution is -0.117. The van der Waals surface area contributed by atoms with Gasteiger partial charge in [0.15, 0.2) is 0 Å². The highest BCUT2D eigenvalue weighted by Gasteiger charge is 2.31. The van der Waals surface area contributed by atoms with Gasteiger partial charge in [0.2, 0.25) is 5.91 Å². The summed E-state index contributed by atoms with van der Waals surface area (Å²) in [5.74, 6) is 0.00834. The third-order valence-electron chi connectivity index (χ3n) is 3.23. The van der Waals surface area contributed by atoms with Crippen LogP contribution < -0.4 is 4.90 Å². The first-order chi connectivity index (χ1) is 9.29. The minimum absolute atomic E-state index is 0.00516. The fraction of sp³-hybridized carbons (Fsp3) is 0.333. The van der Waals surface area contributed by atoms with E-state index in [9.17, 15) is 9.90 Å². The van der Waals surface area contributed by atoms with Crippen molar-refractivity contribution in [2.24, 2.45) is 5.92 Å². The van der Waals surface area contributed by atoms with Gasteiger partial charge in [-0.25, -0.2) is 0 Å². The summed E-state index contributed by atoms with van der Waals surface area (Å²) in [6.07, 6.45) is 1.86. The largest absolute Gasteiger partial charge is 0.396 e. The molecule has 1 amide bonds. The van der Waals surface area contributed by atoms with Crippen molar-refractivity contribution in [3.63, 3.8) is 0 Å². The summed E-state index contributed by atoms with van der Waals surface area (Å²) in [6, 6.07) is 7.44. The van der Waals surface area contributed by atoms with Crippen LogP contribution in [-0.2, 0) is 4.79 Å². The third kappa shape index (κ3) is 2.08. The number of para-hydroxylation sites is 2. The summed E-state index contributed by atoms with van der Waals surface area (Å²) in [5.41, 5.74) is 1.51. The number of aromatic nitrogens is 4. The second-order valence-corrected chi connectivity index (χ2v) is 4.50. The normalized spacial score (nSPS) is 19.1. The zero-order valence-corrected chi connectivity index (χ0v) is 10.2. The van der Waals surface area contributed by atoms with Gasteiger partial charge in [-0.3, -0.25) is 4.79 Å². The van der Waals surface area contributed by atoms with Crippen molar-refractivity contribution >= 4 is 11.6 Å². The molecule has 3 rings (SSSR count). The lowest BCUT2D eigenvalue weighted by atomic mass is 10.1. The van der Waals surface area contributed by atoms with Crippen LogP contribution in [0.1, 0.15) is 6.42 Å². The van der Waals surface area contributed by atoms with Crippen LogP contribution in [0.5, 0.6) is 0 Å². The van der Waals surface area contributed by atoms with Crippen LogP contribution >= 0.6 is 0 Å². The molecular formula is C12H13N5O2. The highest BCUT2D eigenvalue weighted by atomic mass is 16.3. The fourth-order valence-corrected chi connectivity index (χ4v) is 2.29. The van der Waals surface area contributed by atoms with E-state index in [0.717, 1.165) is 11.4 Å². The molecule has 1 unspecified atom stereocenters. The third-order valence-corrected chi connectivity index (χ3v) is 3.23. The Kier molecular flexibility index (Phi) is 2.96. The Labute approximate surface area is 109 Å². The summed E-state index contributed by atoms with van der Waals surface area (Å²) in [6.45, 7) is 0.545. The van der Waals surface area contributed by atoms with Gasteiger partial charge in [0.1, 0.15) is 6.33 Å². The van der Waals surface area contributed by atoms with Gasteiger partial charge in [0, 0.05) is 25.5 Å². The molecule has 1 saturated heterocycles. The van der Waals surface area contributed by atoms with Gasteiger partial charge in [-0.15, -0.1) is 5.10 Å². The van der Waals surface area contributed by atoms with Crippen LogP contribution in [0, 0.1) is 5.92 Å². The molecule has 1 aliphatic rings. The lowest BCUT2D eigenvalue weighted by Crippen LogP contribution is -2.26. The molecule has 1 aliphatic heterocycles. The number of aliphatic hydroxyl groups excluding tert-OH is 1. The highest BCUT2D eigenvalue weighted by Crippen LogP contribution is 2.29. The standard InChI is InChI=1S/C12H13N5O2/c18-7-9-5-12(19)16(6-9)10-3-1-2-4-11(10)17-8-13-14-15-17/h1-4,8-9,18H,5-7H2. The van der Waals surface area contributed by atoms with Crippen molar-refractivity contribution in [1.29, 1.82) is 0 Å². The molecule has 19 heavy (non-hydrogen) atoms. The Bertz CT molecular complexity index is 584.